The number of aryl methyl sites for hydroxylation is 1. The molecular formula is C25H22ClNO7. The van der Waals surface area contributed by atoms with E-state index < -0.39 is 23.5 Å². The largest absolute Gasteiger partial charge is 0.507 e. The van der Waals surface area contributed by atoms with Crippen molar-refractivity contribution >= 4 is 34.7 Å². The minimum absolute atomic E-state index is 0.165. The van der Waals surface area contributed by atoms with Gasteiger partial charge in [0.2, 0.25) is 0 Å². The van der Waals surface area contributed by atoms with Crippen molar-refractivity contribution in [3.8, 4) is 17.2 Å². The molecule has 0 saturated carbocycles. The third-order valence-corrected chi connectivity index (χ3v) is 5.80. The van der Waals surface area contributed by atoms with Gasteiger partial charge in [0.05, 0.1) is 49.4 Å². The number of methoxy groups -OCH3 is 3. The van der Waals surface area contributed by atoms with E-state index >= 15 is 0 Å². The van der Waals surface area contributed by atoms with Crippen LogP contribution in [0.1, 0.15) is 22.9 Å². The highest BCUT2D eigenvalue weighted by Crippen LogP contribution is 2.45. The van der Waals surface area contributed by atoms with Crippen LogP contribution in [0.2, 0.25) is 5.02 Å². The van der Waals surface area contributed by atoms with Crippen LogP contribution in [0.25, 0.3) is 5.76 Å². The van der Waals surface area contributed by atoms with Crippen molar-refractivity contribution in [1.82, 2.24) is 0 Å². The number of Topliss-reactive ketones (excluding diaryl/α,β-unsaturated/α-hetero) is 1. The molecule has 0 spiro atoms. The van der Waals surface area contributed by atoms with Crippen LogP contribution in [0.5, 0.6) is 17.2 Å². The number of aliphatic hydroxyl groups is 1. The molecule has 3 aromatic rings. The second-order valence-corrected chi connectivity index (χ2v) is 7.99. The Kier molecular flexibility index (Phi) is 6.26. The Balaban J connectivity index is 1.99. The van der Waals surface area contributed by atoms with Crippen LogP contribution in [-0.2, 0) is 9.59 Å². The molecule has 1 aliphatic heterocycles. The molecule has 1 unspecified atom stereocenters. The Bertz CT molecular complexity index is 1270. The van der Waals surface area contributed by atoms with Crippen molar-refractivity contribution in [2.24, 2.45) is 0 Å². The van der Waals surface area contributed by atoms with Crippen LogP contribution in [-0.4, -0.2) is 38.1 Å². The Morgan fingerprint density at radius 1 is 1.03 bits per heavy atom. The zero-order valence-corrected chi connectivity index (χ0v) is 19.7. The van der Waals surface area contributed by atoms with E-state index in [1.54, 1.807) is 49.4 Å². The van der Waals surface area contributed by atoms with Gasteiger partial charge < -0.3 is 23.7 Å². The fourth-order valence-corrected chi connectivity index (χ4v) is 4.35. The fraction of sp³-hybridized carbons (Fsp3) is 0.200. The van der Waals surface area contributed by atoms with Gasteiger partial charge in [-0.1, -0.05) is 11.6 Å². The number of nitrogens with zero attached hydrogens (tertiary/aromatic N) is 1. The Labute approximate surface area is 200 Å². The first-order valence-electron chi connectivity index (χ1n) is 10.2. The van der Waals surface area contributed by atoms with Gasteiger partial charge in [-0.3, -0.25) is 14.5 Å². The molecule has 2 heterocycles. The lowest BCUT2D eigenvalue weighted by atomic mass is 9.97. The number of furan rings is 1. The van der Waals surface area contributed by atoms with Gasteiger partial charge in [-0.2, -0.15) is 0 Å². The molecule has 1 fully saturated rings. The molecule has 0 radical (unpaired) electrons. The number of halogens is 1. The number of aliphatic hydroxyl groups excluding tert-OH is 1. The van der Waals surface area contributed by atoms with Crippen molar-refractivity contribution < 1.29 is 33.3 Å². The smallest absolute Gasteiger partial charge is 0.300 e. The summed E-state index contributed by atoms with van der Waals surface area (Å²) in [6.07, 6.45) is 1.42. The molecular weight excluding hydrogens is 462 g/mol. The first-order chi connectivity index (χ1) is 16.3. The number of ether oxygens (including phenoxy) is 3. The standard InChI is InChI=1S/C25H22ClNO7/c1-13-8-17(24(33-4)18(26)9-13)22(28)20-21(19-6-5-7-34-19)27(25(30)23(20)29)14-10-15(31-2)12-16(11-14)32-3/h5-12,21,28H,1-4H3/b22-20-. The summed E-state index contributed by atoms with van der Waals surface area (Å²) in [5.41, 5.74) is 1.08. The van der Waals surface area contributed by atoms with Crippen LogP contribution in [0.3, 0.4) is 0 Å². The molecule has 4 rings (SSSR count). The minimum atomic E-state index is -1.06. The monoisotopic (exact) mass is 483 g/mol. The molecule has 0 aliphatic carbocycles. The number of carbonyl (C=O) groups is 2. The van der Waals surface area contributed by atoms with Crippen molar-refractivity contribution in [2.45, 2.75) is 13.0 Å². The SMILES string of the molecule is COc1cc(OC)cc(N2C(=O)C(=O)/C(=C(\O)c3cc(C)cc(Cl)c3OC)C2c2ccco2)c1. The van der Waals surface area contributed by atoms with E-state index in [0.717, 1.165) is 5.56 Å². The number of rotatable bonds is 6. The van der Waals surface area contributed by atoms with Crippen molar-refractivity contribution in [3.63, 3.8) is 0 Å². The van der Waals surface area contributed by atoms with Crippen LogP contribution >= 0.6 is 11.6 Å². The molecule has 9 heteroatoms. The normalized spacial score (nSPS) is 17.2. The van der Waals surface area contributed by atoms with Gasteiger partial charge in [0, 0.05) is 18.2 Å². The zero-order valence-electron chi connectivity index (χ0n) is 18.9. The van der Waals surface area contributed by atoms with Gasteiger partial charge in [-0.25, -0.2) is 0 Å². The molecule has 1 atom stereocenters. The molecule has 1 aromatic heterocycles. The summed E-state index contributed by atoms with van der Waals surface area (Å²) in [6.45, 7) is 1.78. The highest BCUT2D eigenvalue weighted by Gasteiger charge is 2.48. The molecule has 8 nitrogen and oxygen atoms in total. The lowest BCUT2D eigenvalue weighted by Gasteiger charge is -2.24. The maximum Gasteiger partial charge on any atom is 0.300 e. The lowest BCUT2D eigenvalue weighted by molar-refractivity contribution is -0.132. The van der Waals surface area contributed by atoms with Gasteiger partial charge in [-0.15, -0.1) is 0 Å². The van der Waals surface area contributed by atoms with Crippen LogP contribution < -0.4 is 19.1 Å². The topological polar surface area (TPSA) is 98.4 Å². The number of hydrogen-bond acceptors (Lipinski definition) is 7. The third kappa shape index (κ3) is 3.86. The predicted octanol–water partition coefficient (Wildman–Crippen LogP) is 4.89. The number of carbonyl (C=O) groups excluding carboxylic acids is 2. The van der Waals surface area contributed by atoms with Gasteiger partial charge in [0.1, 0.15) is 34.8 Å². The minimum Gasteiger partial charge on any atom is -0.507 e. The maximum atomic E-state index is 13.3. The first kappa shape index (κ1) is 23.3. The van der Waals surface area contributed by atoms with Gasteiger partial charge in [0.15, 0.2) is 0 Å². The van der Waals surface area contributed by atoms with Crippen molar-refractivity contribution in [3.05, 3.63) is 76.2 Å². The van der Waals surface area contributed by atoms with Crippen molar-refractivity contribution in [2.75, 3.05) is 26.2 Å². The number of anilines is 1. The average molecular weight is 484 g/mol. The molecule has 34 heavy (non-hydrogen) atoms. The highest BCUT2D eigenvalue weighted by atomic mass is 35.5. The summed E-state index contributed by atoms with van der Waals surface area (Å²) in [4.78, 5) is 27.8. The quantitative estimate of drug-likeness (QED) is 0.302. The third-order valence-electron chi connectivity index (χ3n) is 5.52. The molecule has 1 aliphatic rings. The lowest BCUT2D eigenvalue weighted by Crippen LogP contribution is -2.29. The Hall–Kier alpha value is -3.91. The maximum absolute atomic E-state index is 13.3. The van der Waals surface area contributed by atoms with E-state index in [1.165, 1.54) is 32.5 Å². The molecule has 1 saturated heterocycles. The van der Waals surface area contributed by atoms with E-state index in [9.17, 15) is 14.7 Å². The Morgan fingerprint density at radius 3 is 2.26 bits per heavy atom. The summed E-state index contributed by atoms with van der Waals surface area (Å²) in [6, 6.07) is 10.3. The summed E-state index contributed by atoms with van der Waals surface area (Å²) >= 11 is 6.31. The van der Waals surface area contributed by atoms with Crippen LogP contribution in [0.15, 0.2) is 58.7 Å². The summed E-state index contributed by atoms with van der Waals surface area (Å²) in [7, 11) is 4.35. The zero-order chi connectivity index (χ0) is 24.6. The number of hydrogen-bond donors (Lipinski definition) is 1. The summed E-state index contributed by atoms with van der Waals surface area (Å²) in [5.74, 6) is -0.878. The van der Waals surface area contributed by atoms with E-state index in [2.05, 4.69) is 0 Å². The second-order valence-electron chi connectivity index (χ2n) is 7.58. The van der Waals surface area contributed by atoms with Crippen LogP contribution in [0.4, 0.5) is 5.69 Å². The van der Waals surface area contributed by atoms with Gasteiger partial charge in [0.25, 0.3) is 11.7 Å². The average Bonchev–Trinajstić information content (AvgIpc) is 3.44. The van der Waals surface area contributed by atoms with E-state index in [-0.39, 0.29) is 27.7 Å². The van der Waals surface area contributed by atoms with Gasteiger partial charge >= 0.3 is 0 Å². The Morgan fingerprint density at radius 2 is 1.71 bits per heavy atom. The fourth-order valence-electron chi connectivity index (χ4n) is 4.00. The van der Waals surface area contributed by atoms with E-state index in [4.69, 9.17) is 30.2 Å². The molecule has 2 aromatic carbocycles. The highest BCUT2D eigenvalue weighted by molar-refractivity contribution is 6.51. The van der Waals surface area contributed by atoms with E-state index in [0.29, 0.717) is 17.2 Å². The summed E-state index contributed by atoms with van der Waals surface area (Å²) < 4.78 is 21.6. The number of benzene rings is 2. The molecule has 0 bridgehead atoms. The number of amides is 1. The molecule has 176 valence electrons. The first-order valence-corrected chi connectivity index (χ1v) is 10.6. The van der Waals surface area contributed by atoms with E-state index in [1.807, 2.05) is 0 Å². The second kappa shape index (κ2) is 9.15. The predicted molar refractivity (Wildman–Crippen MR) is 126 cm³/mol. The van der Waals surface area contributed by atoms with Gasteiger partial charge in [-0.05, 0) is 36.8 Å². The molecule has 1 amide bonds. The number of ketones is 1. The van der Waals surface area contributed by atoms with Crippen molar-refractivity contribution in [1.29, 1.82) is 0 Å². The van der Waals surface area contributed by atoms with Crippen LogP contribution in [0, 0.1) is 6.92 Å². The molecule has 1 N–H and O–H groups in total. The summed E-state index contributed by atoms with van der Waals surface area (Å²) in [5, 5.41) is 11.6.